The van der Waals surface area contributed by atoms with E-state index >= 15 is 0 Å². The molecule has 0 aromatic heterocycles. The average Bonchev–Trinajstić information content (AvgIpc) is 3.50. The van der Waals surface area contributed by atoms with Crippen LogP contribution in [0.3, 0.4) is 0 Å². The average molecular weight is 392 g/mol. The summed E-state index contributed by atoms with van der Waals surface area (Å²) in [6, 6.07) is 17.8. The monoisotopic (exact) mass is 391 g/mol. The molecule has 1 aliphatic carbocycles. The van der Waals surface area contributed by atoms with Crippen LogP contribution in [0.25, 0.3) is 0 Å². The number of carbonyl (C=O) groups excluding carboxylic acids is 2. The molecule has 0 bridgehead atoms. The molecule has 2 unspecified atom stereocenters. The molecular weight excluding hydrogens is 362 g/mol. The summed E-state index contributed by atoms with van der Waals surface area (Å²) < 4.78 is 0. The molecule has 2 atom stereocenters. The van der Waals surface area contributed by atoms with Crippen molar-refractivity contribution in [2.45, 2.75) is 19.8 Å². The van der Waals surface area contributed by atoms with Gasteiger partial charge in [-0.15, -0.1) is 0 Å². The lowest BCUT2D eigenvalue weighted by Gasteiger charge is -2.34. The highest BCUT2D eigenvalue weighted by Gasteiger charge is 2.39. The second-order valence-corrected chi connectivity index (χ2v) is 8.26. The van der Waals surface area contributed by atoms with Crippen LogP contribution in [0.1, 0.15) is 29.3 Å². The smallest absolute Gasteiger partial charge is 0.253 e. The fourth-order valence-electron chi connectivity index (χ4n) is 3.91. The van der Waals surface area contributed by atoms with Crippen molar-refractivity contribution in [3.63, 3.8) is 0 Å². The van der Waals surface area contributed by atoms with Crippen LogP contribution in [-0.2, 0) is 11.2 Å². The van der Waals surface area contributed by atoms with Crippen LogP contribution in [0, 0.1) is 11.8 Å². The summed E-state index contributed by atoms with van der Waals surface area (Å²) >= 11 is 0. The quantitative estimate of drug-likeness (QED) is 0.822. The highest BCUT2D eigenvalue weighted by Crippen LogP contribution is 2.38. The Hall–Kier alpha value is -2.66. The molecule has 152 valence electrons. The van der Waals surface area contributed by atoms with Crippen LogP contribution in [0.15, 0.2) is 54.6 Å². The summed E-state index contributed by atoms with van der Waals surface area (Å²) in [7, 11) is 0. The van der Waals surface area contributed by atoms with E-state index in [0.29, 0.717) is 11.5 Å². The summed E-state index contributed by atoms with van der Waals surface area (Å²) in [4.78, 5) is 29.2. The van der Waals surface area contributed by atoms with Crippen LogP contribution in [-0.4, -0.2) is 54.3 Å². The molecule has 2 aromatic rings. The van der Waals surface area contributed by atoms with E-state index in [1.54, 1.807) is 0 Å². The first-order valence-electron chi connectivity index (χ1n) is 10.6. The van der Waals surface area contributed by atoms with E-state index < -0.39 is 0 Å². The van der Waals surface area contributed by atoms with Gasteiger partial charge >= 0.3 is 0 Å². The Bertz CT molecular complexity index is 842. The van der Waals surface area contributed by atoms with Crippen molar-refractivity contribution in [2.24, 2.45) is 11.8 Å². The predicted molar refractivity (Wildman–Crippen MR) is 115 cm³/mol. The molecule has 5 nitrogen and oxygen atoms in total. The topological polar surface area (TPSA) is 52.7 Å². The number of hydrogen-bond donors (Lipinski definition) is 1. The molecule has 2 amide bonds. The highest BCUT2D eigenvalue weighted by atomic mass is 16.2. The van der Waals surface area contributed by atoms with Gasteiger partial charge in [0.15, 0.2) is 0 Å². The number of hydrogen-bond acceptors (Lipinski definition) is 3. The molecule has 1 saturated carbocycles. The standard InChI is InChI=1S/C24H29N3O2/c1-18-17-22(18)23(28)25-21-9-7-20(8-10-21)24(29)27-15-13-26(14-16-27)12-11-19-5-3-2-4-6-19/h2-10,18,22H,11-17H2,1H3,(H,25,28). The minimum Gasteiger partial charge on any atom is -0.336 e. The Labute approximate surface area is 172 Å². The van der Waals surface area contributed by atoms with Crippen LogP contribution < -0.4 is 5.32 Å². The number of nitrogens with one attached hydrogen (secondary N) is 1. The number of benzene rings is 2. The molecule has 1 saturated heterocycles. The van der Waals surface area contributed by atoms with Gasteiger partial charge < -0.3 is 10.2 Å². The first kappa shape index (κ1) is 19.6. The van der Waals surface area contributed by atoms with Crippen LogP contribution in [0.4, 0.5) is 5.69 Å². The minimum atomic E-state index is 0.0707. The van der Waals surface area contributed by atoms with Crippen LogP contribution in [0.2, 0.25) is 0 Å². The number of nitrogens with zero attached hydrogens (tertiary/aromatic N) is 2. The van der Waals surface area contributed by atoms with E-state index in [2.05, 4.69) is 41.4 Å². The first-order valence-corrected chi connectivity index (χ1v) is 10.6. The molecule has 1 aliphatic heterocycles. The number of amides is 2. The Morgan fingerprint density at radius 3 is 2.24 bits per heavy atom. The number of anilines is 1. The summed E-state index contributed by atoms with van der Waals surface area (Å²) in [5.74, 6) is 0.793. The van der Waals surface area contributed by atoms with Crippen molar-refractivity contribution in [3.8, 4) is 0 Å². The minimum absolute atomic E-state index is 0.0707. The number of carbonyl (C=O) groups is 2. The molecule has 2 aromatic carbocycles. The van der Waals surface area contributed by atoms with Crippen molar-refractivity contribution < 1.29 is 9.59 Å². The van der Waals surface area contributed by atoms with Gasteiger partial charge in [0, 0.05) is 49.9 Å². The van der Waals surface area contributed by atoms with Gasteiger partial charge in [-0.05, 0) is 48.6 Å². The van der Waals surface area contributed by atoms with Gasteiger partial charge in [-0.3, -0.25) is 14.5 Å². The maximum atomic E-state index is 12.8. The normalized spacial score (nSPS) is 21.6. The lowest BCUT2D eigenvalue weighted by molar-refractivity contribution is -0.117. The lowest BCUT2D eigenvalue weighted by atomic mass is 10.1. The molecule has 1 heterocycles. The van der Waals surface area contributed by atoms with Gasteiger partial charge in [0.05, 0.1) is 0 Å². The van der Waals surface area contributed by atoms with Gasteiger partial charge in [-0.25, -0.2) is 0 Å². The highest BCUT2D eigenvalue weighted by molar-refractivity contribution is 5.97. The van der Waals surface area contributed by atoms with Crippen molar-refractivity contribution in [1.29, 1.82) is 0 Å². The van der Waals surface area contributed by atoms with Crippen molar-refractivity contribution in [3.05, 3.63) is 65.7 Å². The lowest BCUT2D eigenvalue weighted by Crippen LogP contribution is -2.49. The van der Waals surface area contributed by atoms with Gasteiger partial charge in [0.25, 0.3) is 5.91 Å². The van der Waals surface area contributed by atoms with E-state index in [-0.39, 0.29) is 17.7 Å². The molecular formula is C24H29N3O2. The molecule has 4 rings (SSSR count). The number of rotatable bonds is 6. The van der Waals surface area contributed by atoms with E-state index in [0.717, 1.165) is 51.3 Å². The summed E-state index contributed by atoms with van der Waals surface area (Å²) in [5, 5.41) is 2.94. The first-order chi connectivity index (χ1) is 14.1. The maximum absolute atomic E-state index is 12.8. The maximum Gasteiger partial charge on any atom is 0.253 e. The predicted octanol–water partition coefficient (Wildman–Crippen LogP) is 3.28. The van der Waals surface area contributed by atoms with Crippen molar-refractivity contribution in [2.75, 3.05) is 38.0 Å². The Balaban J connectivity index is 1.24. The second kappa shape index (κ2) is 8.78. The molecule has 29 heavy (non-hydrogen) atoms. The van der Waals surface area contributed by atoms with E-state index in [4.69, 9.17) is 0 Å². The fourth-order valence-corrected chi connectivity index (χ4v) is 3.91. The zero-order chi connectivity index (χ0) is 20.2. The third-order valence-corrected chi connectivity index (χ3v) is 6.06. The van der Waals surface area contributed by atoms with Gasteiger partial charge in [-0.1, -0.05) is 37.3 Å². The van der Waals surface area contributed by atoms with E-state index in [9.17, 15) is 9.59 Å². The fraction of sp³-hybridized carbons (Fsp3) is 0.417. The van der Waals surface area contributed by atoms with Crippen molar-refractivity contribution in [1.82, 2.24) is 9.80 Å². The van der Waals surface area contributed by atoms with Gasteiger partial charge in [0.2, 0.25) is 5.91 Å². The largest absolute Gasteiger partial charge is 0.336 e. The Morgan fingerprint density at radius 2 is 1.62 bits per heavy atom. The molecule has 2 fully saturated rings. The second-order valence-electron chi connectivity index (χ2n) is 8.26. The SMILES string of the molecule is CC1CC1C(=O)Nc1ccc(C(=O)N2CCN(CCc3ccccc3)CC2)cc1. The van der Waals surface area contributed by atoms with Gasteiger partial charge in [0.1, 0.15) is 0 Å². The molecule has 5 heteroatoms. The molecule has 0 radical (unpaired) electrons. The number of piperazine rings is 1. The van der Waals surface area contributed by atoms with Crippen molar-refractivity contribution >= 4 is 17.5 Å². The van der Waals surface area contributed by atoms with E-state index in [1.807, 2.05) is 35.2 Å². The summed E-state index contributed by atoms with van der Waals surface area (Å²) in [5.41, 5.74) is 2.80. The summed E-state index contributed by atoms with van der Waals surface area (Å²) in [6.45, 7) is 6.45. The molecule has 2 aliphatic rings. The Kier molecular flexibility index (Phi) is 5.95. The van der Waals surface area contributed by atoms with Gasteiger partial charge in [-0.2, -0.15) is 0 Å². The third kappa shape index (κ3) is 5.04. The third-order valence-electron chi connectivity index (χ3n) is 6.06. The summed E-state index contributed by atoms with van der Waals surface area (Å²) in [6.07, 6.45) is 2.02. The zero-order valence-corrected chi connectivity index (χ0v) is 17.0. The molecule has 1 N–H and O–H groups in total. The molecule has 0 spiro atoms. The van der Waals surface area contributed by atoms with E-state index in [1.165, 1.54) is 5.56 Å². The zero-order valence-electron chi connectivity index (χ0n) is 17.0. The van der Waals surface area contributed by atoms with Crippen LogP contribution >= 0.6 is 0 Å². The van der Waals surface area contributed by atoms with Crippen LogP contribution in [0.5, 0.6) is 0 Å². The Morgan fingerprint density at radius 1 is 0.966 bits per heavy atom.